The highest BCUT2D eigenvalue weighted by molar-refractivity contribution is 5.30. The van der Waals surface area contributed by atoms with Gasteiger partial charge in [-0.05, 0) is 43.4 Å². The Morgan fingerprint density at radius 1 is 1.30 bits per heavy atom. The van der Waals surface area contributed by atoms with E-state index in [2.05, 4.69) is 43.0 Å². The van der Waals surface area contributed by atoms with Crippen LogP contribution < -0.4 is 5.73 Å². The summed E-state index contributed by atoms with van der Waals surface area (Å²) in [6.45, 7) is 6.76. The second-order valence-electron chi connectivity index (χ2n) is 5.83. The topological polar surface area (TPSA) is 38.5 Å². The Labute approximate surface area is 123 Å². The molecule has 0 amide bonds. The van der Waals surface area contributed by atoms with E-state index in [1.54, 1.807) is 7.11 Å². The summed E-state index contributed by atoms with van der Waals surface area (Å²) in [5.74, 6) is 0.815. The zero-order valence-electron chi connectivity index (χ0n) is 13.0. The number of likely N-dealkylation sites (N-methyl/N-ethyl adjacent to an activating group) is 1. The summed E-state index contributed by atoms with van der Waals surface area (Å²) >= 11 is 0. The van der Waals surface area contributed by atoms with Gasteiger partial charge in [-0.3, -0.25) is 4.90 Å². The van der Waals surface area contributed by atoms with Gasteiger partial charge in [0.15, 0.2) is 0 Å². The third kappa shape index (κ3) is 3.60. The summed E-state index contributed by atoms with van der Waals surface area (Å²) in [4.78, 5) is 2.43. The van der Waals surface area contributed by atoms with Gasteiger partial charge < -0.3 is 10.5 Å². The molecule has 2 unspecified atom stereocenters. The van der Waals surface area contributed by atoms with Gasteiger partial charge in [-0.25, -0.2) is 0 Å². The van der Waals surface area contributed by atoms with Crippen molar-refractivity contribution in [2.45, 2.75) is 44.7 Å². The molecule has 20 heavy (non-hydrogen) atoms. The van der Waals surface area contributed by atoms with E-state index in [0.717, 1.165) is 19.1 Å². The van der Waals surface area contributed by atoms with Crippen molar-refractivity contribution < 1.29 is 4.74 Å². The average molecular weight is 276 g/mol. The second kappa shape index (κ2) is 7.21. The van der Waals surface area contributed by atoms with Crippen molar-refractivity contribution in [3.63, 3.8) is 0 Å². The highest BCUT2D eigenvalue weighted by Gasteiger charge is 2.25. The molecule has 0 radical (unpaired) electrons. The lowest BCUT2D eigenvalue weighted by molar-refractivity contribution is 0.0751. The summed E-state index contributed by atoms with van der Waals surface area (Å²) in [6, 6.07) is 9.73. The lowest BCUT2D eigenvalue weighted by atomic mass is 10.0. The van der Waals surface area contributed by atoms with E-state index >= 15 is 0 Å². The van der Waals surface area contributed by atoms with Crippen molar-refractivity contribution in [1.82, 2.24) is 4.90 Å². The Balaban J connectivity index is 2.11. The molecule has 0 saturated heterocycles. The first kappa shape index (κ1) is 15.5. The molecule has 112 valence electrons. The van der Waals surface area contributed by atoms with Gasteiger partial charge in [0.1, 0.15) is 0 Å². The van der Waals surface area contributed by atoms with E-state index < -0.39 is 0 Å². The van der Waals surface area contributed by atoms with Crippen molar-refractivity contribution in [3.05, 3.63) is 35.4 Å². The molecule has 0 heterocycles. The van der Waals surface area contributed by atoms with E-state index in [9.17, 15) is 0 Å². The Hall–Kier alpha value is -0.900. The monoisotopic (exact) mass is 276 g/mol. The Morgan fingerprint density at radius 2 is 1.95 bits per heavy atom. The molecular formula is C17H28N2O. The molecule has 0 bridgehead atoms. The molecule has 1 aromatic rings. The van der Waals surface area contributed by atoms with Gasteiger partial charge in [0.25, 0.3) is 0 Å². The van der Waals surface area contributed by atoms with Crippen LogP contribution in [-0.2, 0) is 4.74 Å². The first-order chi connectivity index (χ1) is 9.71. The van der Waals surface area contributed by atoms with Gasteiger partial charge in [0.2, 0.25) is 0 Å². The molecule has 1 aliphatic rings. The van der Waals surface area contributed by atoms with Crippen LogP contribution in [-0.4, -0.2) is 37.7 Å². The number of hydrogen-bond donors (Lipinski definition) is 1. The highest BCUT2D eigenvalue weighted by atomic mass is 16.5. The summed E-state index contributed by atoms with van der Waals surface area (Å²) in [7, 11) is 1.76. The molecule has 2 atom stereocenters. The second-order valence-corrected chi connectivity index (χ2v) is 5.83. The fraction of sp³-hybridized carbons (Fsp3) is 0.647. The minimum absolute atomic E-state index is 0.276. The molecule has 3 nitrogen and oxygen atoms in total. The number of ether oxygens (including phenoxy) is 1. The van der Waals surface area contributed by atoms with Crippen LogP contribution in [0.3, 0.4) is 0 Å². The number of nitrogens with zero attached hydrogens (tertiary/aromatic N) is 1. The van der Waals surface area contributed by atoms with E-state index in [4.69, 9.17) is 10.5 Å². The maximum absolute atomic E-state index is 6.04. The third-order valence-corrected chi connectivity index (χ3v) is 4.33. The fourth-order valence-corrected chi connectivity index (χ4v) is 3.05. The fourth-order valence-electron chi connectivity index (χ4n) is 3.05. The molecule has 1 aromatic carbocycles. The van der Waals surface area contributed by atoms with Gasteiger partial charge >= 0.3 is 0 Å². The van der Waals surface area contributed by atoms with Crippen LogP contribution in [0.1, 0.15) is 49.8 Å². The van der Waals surface area contributed by atoms with Crippen LogP contribution >= 0.6 is 0 Å². The van der Waals surface area contributed by atoms with Crippen molar-refractivity contribution in [1.29, 1.82) is 0 Å². The van der Waals surface area contributed by atoms with Crippen LogP contribution in [0.15, 0.2) is 24.3 Å². The van der Waals surface area contributed by atoms with Crippen molar-refractivity contribution in [2.24, 2.45) is 5.73 Å². The minimum Gasteiger partial charge on any atom is -0.383 e. The number of benzene rings is 1. The lowest BCUT2D eigenvalue weighted by Crippen LogP contribution is -2.42. The van der Waals surface area contributed by atoms with Gasteiger partial charge in [0, 0.05) is 25.7 Å². The average Bonchev–Trinajstić information content (AvgIpc) is 3.29. The van der Waals surface area contributed by atoms with Crippen LogP contribution in [0.2, 0.25) is 0 Å². The van der Waals surface area contributed by atoms with E-state index in [1.165, 1.54) is 24.0 Å². The highest BCUT2D eigenvalue weighted by Crippen LogP contribution is 2.40. The molecule has 0 spiro atoms. The summed E-state index contributed by atoms with van der Waals surface area (Å²) < 4.78 is 5.29. The third-order valence-electron chi connectivity index (χ3n) is 4.33. The molecular weight excluding hydrogens is 248 g/mol. The zero-order chi connectivity index (χ0) is 14.5. The normalized spacial score (nSPS) is 18.2. The van der Waals surface area contributed by atoms with Crippen molar-refractivity contribution >= 4 is 0 Å². The molecule has 3 heteroatoms. The Bertz CT molecular complexity index is 400. The van der Waals surface area contributed by atoms with Crippen LogP contribution in [0.5, 0.6) is 0 Å². The zero-order valence-corrected chi connectivity index (χ0v) is 13.0. The summed E-state index contributed by atoms with van der Waals surface area (Å²) in [5, 5.41) is 0. The first-order valence-electron chi connectivity index (χ1n) is 7.75. The van der Waals surface area contributed by atoms with Gasteiger partial charge in [-0.15, -0.1) is 0 Å². The smallest absolute Gasteiger partial charge is 0.0615 e. The van der Waals surface area contributed by atoms with Crippen molar-refractivity contribution in [3.8, 4) is 0 Å². The summed E-state index contributed by atoms with van der Waals surface area (Å²) in [6.07, 6.45) is 2.71. The number of rotatable bonds is 8. The Morgan fingerprint density at radius 3 is 2.40 bits per heavy atom. The van der Waals surface area contributed by atoms with Crippen LogP contribution in [0.4, 0.5) is 0 Å². The Kier molecular flexibility index (Phi) is 5.58. The molecule has 1 saturated carbocycles. The maximum atomic E-state index is 6.04. The van der Waals surface area contributed by atoms with Crippen LogP contribution in [0.25, 0.3) is 0 Å². The quantitative estimate of drug-likeness (QED) is 0.793. The van der Waals surface area contributed by atoms with E-state index in [1.807, 2.05) is 0 Å². The minimum atomic E-state index is 0.276. The maximum Gasteiger partial charge on any atom is 0.0615 e. The number of methoxy groups -OCH3 is 1. The van der Waals surface area contributed by atoms with Crippen molar-refractivity contribution in [2.75, 3.05) is 26.8 Å². The predicted octanol–water partition coefficient (Wildman–Crippen LogP) is 2.92. The number of nitrogens with two attached hydrogens (primary N) is 1. The van der Waals surface area contributed by atoms with Crippen LogP contribution in [0, 0.1) is 0 Å². The molecule has 2 N–H and O–H groups in total. The van der Waals surface area contributed by atoms with E-state index in [-0.39, 0.29) is 6.04 Å². The predicted molar refractivity (Wildman–Crippen MR) is 83.9 cm³/mol. The first-order valence-corrected chi connectivity index (χ1v) is 7.75. The van der Waals surface area contributed by atoms with E-state index in [0.29, 0.717) is 12.6 Å². The molecule has 0 aliphatic heterocycles. The molecule has 2 rings (SSSR count). The standard InChI is InChI=1S/C17H28N2O/c1-4-19(13(2)12-20-3)17(11-18)16-9-7-15(8-10-16)14-5-6-14/h7-10,13-14,17H,4-6,11-12,18H2,1-3H3. The molecule has 0 aromatic heterocycles. The lowest BCUT2D eigenvalue weighted by Gasteiger charge is -2.35. The van der Waals surface area contributed by atoms with Gasteiger partial charge in [-0.2, -0.15) is 0 Å². The van der Waals surface area contributed by atoms with Gasteiger partial charge in [0.05, 0.1) is 6.61 Å². The van der Waals surface area contributed by atoms with Gasteiger partial charge in [-0.1, -0.05) is 31.2 Å². The number of hydrogen-bond acceptors (Lipinski definition) is 3. The largest absolute Gasteiger partial charge is 0.383 e. The summed E-state index contributed by atoms with van der Waals surface area (Å²) in [5.41, 5.74) is 8.85. The molecule has 1 fully saturated rings. The molecule has 1 aliphatic carbocycles. The SMILES string of the molecule is CCN(C(C)COC)C(CN)c1ccc(C2CC2)cc1.